The lowest BCUT2D eigenvalue weighted by atomic mass is 9.65. The largest absolute Gasteiger partial charge is 0.376 e. The van der Waals surface area contributed by atoms with Crippen molar-refractivity contribution in [2.24, 2.45) is 11.3 Å². The van der Waals surface area contributed by atoms with Crippen molar-refractivity contribution in [1.29, 1.82) is 0 Å². The van der Waals surface area contributed by atoms with Crippen LogP contribution in [0.15, 0.2) is 0 Å². The highest BCUT2D eigenvalue weighted by Gasteiger charge is 2.42. The van der Waals surface area contributed by atoms with E-state index in [-0.39, 0.29) is 5.60 Å². The zero-order valence-corrected chi connectivity index (χ0v) is 10.2. The molecule has 1 aliphatic heterocycles. The zero-order chi connectivity index (χ0) is 10.8. The highest BCUT2D eigenvalue weighted by molar-refractivity contribution is 4.91. The third-order valence-electron chi connectivity index (χ3n) is 3.77. The fourth-order valence-corrected chi connectivity index (χ4v) is 2.86. The number of quaternary nitrogens is 1. The molecule has 0 amide bonds. The molecule has 0 bridgehead atoms. The molecule has 0 radical (unpaired) electrons. The second kappa shape index (κ2) is 4.19. The van der Waals surface area contributed by atoms with E-state index >= 15 is 0 Å². The second-order valence-electron chi connectivity index (χ2n) is 5.66. The van der Waals surface area contributed by atoms with Crippen LogP contribution in [0.1, 0.15) is 47.0 Å². The Balaban J connectivity index is 2.76. The first kappa shape index (κ1) is 12.0. The van der Waals surface area contributed by atoms with Gasteiger partial charge in [-0.3, -0.25) is 0 Å². The van der Waals surface area contributed by atoms with Crippen LogP contribution in [0.4, 0.5) is 0 Å². The van der Waals surface area contributed by atoms with Crippen molar-refractivity contribution in [2.45, 2.75) is 52.6 Å². The Hall–Kier alpha value is -0.0800. The predicted molar refractivity (Wildman–Crippen MR) is 58.9 cm³/mol. The summed E-state index contributed by atoms with van der Waals surface area (Å²) in [4.78, 5) is 0. The van der Waals surface area contributed by atoms with Crippen LogP contribution in [0.25, 0.3) is 0 Å². The van der Waals surface area contributed by atoms with Crippen molar-refractivity contribution in [3.8, 4) is 0 Å². The van der Waals surface area contributed by atoms with Crippen molar-refractivity contribution in [3.63, 3.8) is 0 Å². The molecule has 1 heterocycles. The standard InChI is InChI=1S/C12H25NO/c1-10(2)12(5-7-13)6-8-14-11(3,4)9-12/h10H,5-9,13H2,1-4H3/p+1/t12-/m0/s1. The van der Waals surface area contributed by atoms with E-state index in [0.717, 1.165) is 19.1 Å². The molecule has 1 atom stereocenters. The number of ether oxygens (including phenoxy) is 1. The van der Waals surface area contributed by atoms with E-state index in [4.69, 9.17) is 4.74 Å². The van der Waals surface area contributed by atoms with Gasteiger partial charge in [-0.15, -0.1) is 0 Å². The van der Waals surface area contributed by atoms with Gasteiger partial charge >= 0.3 is 0 Å². The third-order valence-corrected chi connectivity index (χ3v) is 3.77. The number of hydrogen-bond acceptors (Lipinski definition) is 1. The lowest BCUT2D eigenvalue weighted by Gasteiger charge is -2.47. The Bertz CT molecular complexity index is 185. The van der Waals surface area contributed by atoms with E-state index in [1.165, 1.54) is 19.3 Å². The highest BCUT2D eigenvalue weighted by atomic mass is 16.5. The van der Waals surface area contributed by atoms with Gasteiger partial charge in [0.15, 0.2) is 0 Å². The Morgan fingerprint density at radius 3 is 2.43 bits per heavy atom. The average Bonchev–Trinajstić information content (AvgIpc) is 2.02. The van der Waals surface area contributed by atoms with E-state index in [1.807, 2.05) is 0 Å². The van der Waals surface area contributed by atoms with Crippen LogP contribution in [-0.2, 0) is 4.74 Å². The van der Waals surface area contributed by atoms with Crippen LogP contribution in [-0.4, -0.2) is 18.8 Å². The number of rotatable bonds is 3. The quantitative estimate of drug-likeness (QED) is 0.741. The summed E-state index contributed by atoms with van der Waals surface area (Å²) in [6, 6.07) is 0. The van der Waals surface area contributed by atoms with Gasteiger partial charge in [-0.1, -0.05) is 13.8 Å². The fourth-order valence-electron chi connectivity index (χ4n) is 2.86. The van der Waals surface area contributed by atoms with Gasteiger partial charge in [0, 0.05) is 13.0 Å². The van der Waals surface area contributed by atoms with Crippen LogP contribution in [0, 0.1) is 11.3 Å². The van der Waals surface area contributed by atoms with Gasteiger partial charge in [0.1, 0.15) is 0 Å². The highest BCUT2D eigenvalue weighted by Crippen LogP contribution is 2.46. The molecule has 1 rings (SSSR count). The molecule has 0 saturated carbocycles. The molecule has 14 heavy (non-hydrogen) atoms. The zero-order valence-electron chi connectivity index (χ0n) is 10.2. The average molecular weight is 200 g/mol. The summed E-state index contributed by atoms with van der Waals surface area (Å²) < 4.78 is 5.80. The Labute approximate surface area is 88.2 Å². The molecule has 0 aliphatic carbocycles. The summed E-state index contributed by atoms with van der Waals surface area (Å²) in [6.07, 6.45) is 3.65. The Morgan fingerprint density at radius 2 is 2.00 bits per heavy atom. The molecule has 0 unspecified atom stereocenters. The van der Waals surface area contributed by atoms with Crippen LogP contribution in [0.3, 0.4) is 0 Å². The molecule has 0 aromatic rings. The minimum absolute atomic E-state index is 0.0672. The van der Waals surface area contributed by atoms with E-state index in [2.05, 4.69) is 33.4 Å². The first-order valence-electron chi connectivity index (χ1n) is 5.85. The first-order valence-corrected chi connectivity index (χ1v) is 5.85. The van der Waals surface area contributed by atoms with Crippen molar-refractivity contribution in [1.82, 2.24) is 0 Å². The SMILES string of the molecule is CC(C)[C@@]1(CC[NH3+])CCOC(C)(C)C1. The lowest BCUT2D eigenvalue weighted by Crippen LogP contribution is -2.54. The molecular formula is C12H26NO+. The molecule has 0 aromatic heterocycles. The fraction of sp³-hybridized carbons (Fsp3) is 1.00. The molecule has 0 aromatic carbocycles. The summed E-state index contributed by atoms with van der Waals surface area (Å²) in [6.45, 7) is 11.1. The van der Waals surface area contributed by atoms with Crippen molar-refractivity contribution in [3.05, 3.63) is 0 Å². The molecule has 2 heteroatoms. The lowest BCUT2D eigenvalue weighted by molar-refractivity contribution is -0.375. The van der Waals surface area contributed by atoms with Gasteiger partial charge in [0.25, 0.3) is 0 Å². The van der Waals surface area contributed by atoms with E-state index in [0.29, 0.717) is 5.41 Å². The van der Waals surface area contributed by atoms with Gasteiger partial charge in [0.05, 0.1) is 12.1 Å². The summed E-state index contributed by atoms with van der Waals surface area (Å²) in [5.41, 5.74) is 4.56. The normalized spacial score (nSPS) is 32.1. The van der Waals surface area contributed by atoms with Crippen molar-refractivity contribution in [2.75, 3.05) is 13.2 Å². The molecule has 1 saturated heterocycles. The van der Waals surface area contributed by atoms with Gasteiger partial charge in [-0.2, -0.15) is 0 Å². The van der Waals surface area contributed by atoms with Gasteiger partial charge in [0.2, 0.25) is 0 Å². The maximum atomic E-state index is 5.80. The molecule has 84 valence electrons. The van der Waals surface area contributed by atoms with Crippen LogP contribution in [0.2, 0.25) is 0 Å². The van der Waals surface area contributed by atoms with Gasteiger partial charge < -0.3 is 10.5 Å². The van der Waals surface area contributed by atoms with Crippen LogP contribution in [0.5, 0.6) is 0 Å². The van der Waals surface area contributed by atoms with Crippen molar-refractivity contribution < 1.29 is 10.5 Å². The number of hydrogen-bond donors (Lipinski definition) is 1. The van der Waals surface area contributed by atoms with E-state index < -0.39 is 0 Å². The Kier molecular flexibility index (Phi) is 3.59. The summed E-state index contributed by atoms with van der Waals surface area (Å²) in [7, 11) is 0. The van der Waals surface area contributed by atoms with Crippen LogP contribution >= 0.6 is 0 Å². The molecule has 3 N–H and O–H groups in total. The first-order chi connectivity index (χ1) is 6.42. The smallest absolute Gasteiger partial charge is 0.0745 e. The minimum Gasteiger partial charge on any atom is -0.376 e. The summed E-state index contributed by atoms with van der Waals surface area (Å²) in [5, 5.41) is 0. The van der Waals surface area contributed by atoms with Gasteiger partial charge in [-0.05, 0) is 38.0 Å². The summed E-state index contributed by atoms with van der Waals surface area (Å²) >= 11 is 0. The van der Waals surface area contributed by atoms with Crippen LogP contribution < -0.4 is 5.73 Å². The Morgan fingerprint density at radius 1 is 1.36 bits per heavy atom. The molecule has 0 spiro atoms. The maximum Gasteiger partial charge on any atom is 0.0745 e. The third kappa shape index (κ3) is 2.48. The predicted octanol–water partition coefficient (Wildman–Crippen LogP) is 1.85. The maximum absolute atomic E-state index is 5.80. The molecule has 1 aliphatic rings. The molecule has 1 fully saturated rings. The van der Waals surface area contributed by atoms with E-state index in [1.54, 1.807) is 0 Å². The minimum atomic E-state index is 0.0672. The molecule has 2 nitrogen and oxygen atoms in total. The van der Waals surface area contributed by atoms with E-state index in [9.17, 15) is 0 Å². The topological polar surface area (TPSA) is 36.9 Å². The van der Waals surface area contributed by atoms with Gasteiger partial charge in [-0.25, -0.2) is 0 Å². The summed E-state index contributed by atoms with van der Waals surface area (Å²) in [5.74, 6) is 0.743. The monoisotopic (exact) mass is 200 g/mol. The van der Waals surface area contributed by atoms with Crippen molar-refractivity contribution >= 4 is 0 Å². The second-order valence-corrected chi connectivity index (χ2v) is 5.66. The molecular weight excluding hydrogens is 174 g/mol.